The first-order valence-corrected chi connectivity index (χ1v) is 8.80. The van der Waals surface area contributed by atoms with E-state index < -0.39 is 0 Å². The smallest absolute Gasteiger partial charge is 0.255 e. The number of Topliss-reactive ketones (excluding diaryl/α,β-unsaturated/α-hetero) is 1. The van der Waals surface area contributed by atoms with Gasteiger partial charge in [0.15, 0.2) is 5.13 Å². The molecule has 0 spiro atoms. The molecule has 0 atom stereocenters. The van der Waals surface area contributed by atoms with Crippen LogP contribution in [-0.2, 0) is 9.59 Å². The van der Waals surface area contributed by atoms with E-state index in [1.54, 1.807) is 30.3 Å². The standard InChI is InChI=1S/C19H17N3O3S/c1-11-3-5-13(6-4-11)18(25)20-14-7-8-15-16(10-14)26-19(21-15)22-17(24)9-12(2)23/h3-8,10H,9H2,1-2H3,(H,20,25)(H,21,22,24). The van der Waals surface area contributed by atoms with Crippen molar-refractivity contribution < 1.29 is 14.4 Å². The number of anilines is 2. The molecule has 0 radical (unpaired) electrons. The van der Waals surface area contributed by atoms with E-state index in [0.717, 1.165) is 10.3 Å². The van der Waals surface area contributed by atoms with Crippen molar-refractivity contribution in [2.24, 2.45) is 0 Å². The lowest BCUT2D eigenvalue weighted by Gasteiger charge is -2.05. The third-order valence-corrected chi connectivity index (χ3v) is 4.55. The van der Waals surface area contributed by atoms with E-state index >= 15 is 0 Å². The van der Waals surface area contributed by atoms with Crippen LogP contribution >= 0.6 is 11.3 Å². The summed E-state index contributed by atoms with van der Waals surface area (Å²) in [7, 11) is 0. The number of carbonyl (C=O) groups excluding carboxylic acids is 3. The summed E-state index contributed by atoms with van der Waals surface area (Å²) in [5.41, 5.74) is 3.03. The normalized spacial score (nSPS) is 10.5. The Morgan fingerprint density at radius 2 is 1.77 bits per heavy atom. The van der Waals surface area contributed by atoms with Crippen LogP contribution in [0.15, 0.2) is 42.5 Å². The highest BCUT2D eigenvalue weighted by molar-refractivity contribution is 7.22. The minimum absolute atomic E-state index is 0.173. The Hall–Kier alpha value is -3.06. The lowest BCUT2D eigenvalue weighted by atomic mass is 10.1. The maximum atomic E-state index is 12.3. The molecule has 0 aliphatic carbocycles. The van der Waals surface area contributed by atoms with Crippen molar-refractivity contribution in [2.75, 3.05) is 10.6 Å². The number of hydrogen-bond donors (Lipinski definition) is 2. The Bertz CT molecular complexity index is 993. The van der Waals surface area contributed by atoms with Gasteiger partial charge in [-0.3, -0.25) is 14.4 Å². The second-order valence-electron chi connectivity index (χ2n) is 5.95. The van der Waals surface area contributed by atoms with Crippen LogP contribution in [-0.4, -0.2) is 22.6 Å². The van der Waals surface area contributed by atoms with Crippen LogP contribution in [0.4, 0.5) is 10.8 Å². The second-order valence-corrected chi connectivity index (χ2v) is 6.98. The van der Waals surface area contributed by atoms with E-state index in [9.17, 15) is 14.4 Å². The van der Waals surface area contributed by atoms with Crippen LogP contribution in [0, 0.1) is 6.92 Å². The van der Waals surface area contributed by atoms with Gasteiger partial charge in [0.2, 0.25) is 5.91 Å². The summed E-state index contributed by atoms with van der Waals surface area (Å²) in [4.78, 5) is 39.3. The first-order valence-electron chi connectivity index (χ1n) is 7.98. The van der Waals surface area contributed by atoms with Gasteiger partial charge in [-0.2, -0.15) is 0 Å². The van der Waals surface area contributed by atoms with Gasteiger partial charge in [0.05, 0.1) is 16.6 Å². The van der Waals surface area contributed by atoms with Gasteiger partial charge in [0, 0.05) is 11.3 Å². The molecule has 2 amide bonds. The summed E-state index contributed by atoms with van der Waals surface area (Å²) in [5.74, 6) is -0.780. The maximum Gasteiger partial charge on any atom is 0.255 e. The quantitative estimate of drug-likeness (QED) is 0.672. The molecule has 1 heterocycles. The Morgan fingerprint density at radius 1 is 1.04 bits per heavy atom. The Kier molecular flexibility index (Phi) is 5.09. The van der Waals surface area contributed by atoms with Crippen molar-refractivity contribution in [3.05, 3.63) is 53.6 Å². The number of nitrogens with one attached hydrogen (secondary N) is 2. The molecule has 26 heavy (non-hydrogen) atoms. The number of rotatable bonds is 5. The van der Waals surface area contributed by atoms with E-state index in [0.29, 0.717) is 21.9 Å². The maximum absolute atomic E-state index is 12.3. The lowest BCUT2D eigenvalue weighted by molar-refractivity contribution is -0.124. The zero-order valence-electron chi connectivity index (χ0n) is 14.3. The number of hydrogen-bond acceptors (Lipinski definition) is 5. The van der Waals surface area contributed by atoms with Crippen LogP contribution in [0.2, 0.25) is 0 Å². The summed E-state index contributed by atoms with van der Waals surface area (Å²) in [5, 5.41) is 5.89. The molecule has 2 aromatic carbocycles. The average Bonchev–Trinajstić information content (AvgIpc) is 2.95. The summed E-state index contributed by atoms with van der Waals surface area (Å²) >= 11 is 1.29. The summed E-state index contributed by atoms with van der Waals surface area (Å²) in [6.07, 6.45) is -0.173. The molecule has 132 valence electrons. The number of nitrogens with zero attached hydrogens (tertiary/aromatic N) is 1. The molecule has 0 saturated heterocycles. The van der Waals surface area contributed by atoms with E-state index in [-0.39, 0.29) is 24.0 Å². The summed E-state index contributed by atoms with van der Waals surface area (Å²) in [6.45, 7) is 3.33. The first kappa shape index (κ1) is 17.8. The number of fused-ring (bicyclic) bond motifs is 1. The fraction of sp³-hybridized carbons (Fsp3) is 0.158. The third kappa shape index (κ3) is 4.31. The van der Waals surface area contributed by atoms with Crippen molar-refractivity contribution in [2.45, 2.75) is 20.3 Å². The van der Waals surface area contributed by atoms with Gasteiger partial charge in [-0.1, -0.05) is 29.0 Å². The highest BCUT2D eigenvalue weighted by atomic mass is 32.1. The number of ketones is 1. The highest BCUT2D eigenvalue weighted by Crippen LogP contribution is 2.28. The van der Waals surface area contributed by atoms with Gasteiger partial charge in [-0.15, -0.1) is 0 Å². The molecule has 3 rings (SSSR count). The average molecular weight is 367 g/mol. The molecule has 1 aromatic heterocycles. The van der Waals surface area contributed by atoms with E-state index in [4.69, 9.17) is 0 Å². The zero-order chi connectivity index (χ0) is 18.7. The number of aryl methyl sites for hydroxylation is 1. The van der Waals surface area contributed by atoms with Crippen LogP contribution in [0.1, 0.15) is 29.3 Å². The van der Waals surface area contributed by atoms with Gasteiger partial charge in [0.25, 0.3) is 5.91 Å². The predicted octanol–water partition coefficient (Wildman–Crippen LogP) is 3.77. The molecule has 6 nitrogen and oxygen atoms in total. The first-order chi connectivity index (χ1) is 12.4. The van der Waals surface area contributed by atoms with Crippen LogP contribution < -0.4 is 10.6 Å². The second kappa shape index (κ2) is 7.45. The summed E-state index contributed by atoms with van der Waals surface area (Å²) in [6, 6.07) is 12.7. The van der Waals surface area contributed by atoms with Crippen LogP contribution in [0.5, 0.6) is 0 Å². The van der Waals surface area contributed by atoms with E-state index in [2.05, 4.69) is 15.6 Å². The van der Waals surface area contributed by atoms with Gasteiger partial charge in [-0.25, -0.2) is 4.98 Å². The number of thiazole rings is 1. The number of aromatic nitrogens is 1. The molecule has 2 N–H and O–H groups in total. The fourth-order valence-electron chi connectivity index (χ4n) is 2.35. The zero-order valence-corrected chi connectivity index (χ0v) is 15.1. The largest absolute Gasteiger partial charge is 0.322 e. The molecule has 0 bridgehead atoms. The number of amides is 2. The molecule has 7 heteroatoms. The van der Waals surface area contributed by atoms with Crippen molar-refractivity contribution in [1.82, 2.24) is 4.98 Å². The van der Waals surface area contributed by atoms with Crippen LogP contribution in [0.3, 0.4) is 0 Å². The van der Waals surface area contributed by atoms with Gasteiger partial charge < -0.3 is 10.6 Å². The van der Waals surface area contributed by atoms with E-state index in [1.165, 1.54) is 18.3 Å². The van der Waals surface area contributed by atoms with Gasteiger partial charge in [0.1, 0.15) is 5.78 Å². The molecule has 0 aliphatic heterocycles. The lowest BCUT2D eigenvalue weighted by Crippen LogP contribution is -2.14. The number of benzene rings is 2. The van der Waals surface area contributed by atoms with Crippen molar-refractivity contribution in [3.8, 4) is 0 Å². The van der Waals surface area contributed by atoms with Crippen molar-refractivity contribution in [3.63, 3.8) is 0 Å². The minimum atomic E-state index is -0.385. The SMILES string of the molecule is CC(=O)CC(=O)Nc1nc2ccc(NC(=O)c3ccc(C)cc3)cc2s1. The number of carbonyl (C=O) groups is 3. The molecule has 0 saturated carbocycles. The van der Waals surface area contributed by atoms with Gasteiger partial charge >= 0.3 is 0 Å². The predicted molar refractivity (Wildman–Crippen MR) is 103 cm³/mol. The third-order valence-electron chi connectivity index (χ3n) is 3.62. The van der Waals surface area contributed by atoms with Gasteiger partial charge in [-0.05, 0) is 44.2 Å². The minimum Gasteiger partial charge on any atom is -0.322 e. The molecule has 0 unspecified atom stereocenters. The molecular formula is C19H17N3O3S. The molecular weight excluding hydrogens is 350 g/mol. The Balaban J connectivity index is 1.74. The highest BCUT2D eigenvalue weighted by Gasteiger charge is 2.11. The summed E-state index contributed by atoms with van der Waals surface area (Å²) < 4.78 is 0.824. The van der Waals surface area contributed by atoms with Crippen molar-refractivity contribution >= 4 is 50.0 Å². The monoisotopic (exact) mass is 367 g/mol. The Labute approximate surface area is 154 Å². The molecule has 3 aromatic rings. The molecule has 0 aliphatic rings. The Morgan fingerprint density at radius 3 is 2.46 bits per heavy atom. The van der Waals surface area contributed by atoms with Crippen molar-refractivity contribution in [1.29, 1.82) is 0 Å². The topological polar surface area (TPSA) is 88.2 Å². The molecule has 0 fully saturated rings. The fourth-order valence-corrected chi connectivity index (χ4v) is 3.27. The van der Waals surface area contributed by atoms with Crippen LogP contribution in [0.25, 0.3) is 10.2 Å². The van der Waals surface area contributed by atoms with E-state index in [1.807, 2.05) is 19.1 Å².